The summed E-state index contributed by atoms with van der Waals surface area (Å²) < 4.78 is 18.7. The van der Waals surface area contributed by atoms with Crippen LogP contribution < -0.4 is 5.73 Å². The summed E-state index contributed by atoms with van der Waals surface area (Å²) in [6, 6.07) is 4.39. The number of benzene rings is 1. The van der Waals surface area contributed by atoms with Crippen LogP contribution in [0, 0.1) is 11.7 Å². The van der Waals surface area contributed by atoms with Crippen LogP contribution >= 0.6 is 11.6 Å². The summed E-state index contributed by atoms with van der Waals surface area (Å²) in [5.41, 5.74) is 6.52. The smallest absolute Gasteiger partial charge is 0.124 e. The van der Waals surface area contributed by atoms with Crippen molar-refractivity contribution in [3.05, 3.63) is 34.6 Å². The van der Waals surface area contributed by atoms with Crippen molar-refractivity contribution in [1.29, 1.82) is 0 Å². The first-order valence-corrected chi connectivity index (χ1v) is 6.34. The molecule has 0 heterocycles. The summed E-state index contributed by atoms with van der Waals surface area (Å²) in [6.45, 7) is 1.10. The minimum absolute atomic E-state index is 0.223. The number of nitrogens with two attached hydrogens (primary N) is 1. The fourth-order valence-corrected chi connectivity index (χ4v) is 2.55. The van der Waals surface area contributed by atoms with Crippen molar-refractivity contribution in [3.63, 3.8) is 0 Å². The lowest BCUT2D eigenvalue weighted by Crippen LogP contribution is -2.25. The van der Waals surface area contributed by atoms with E-state index in [9.17, 15) is 4.39 Å². The maximum Gasteiger partial charge on any atom is 0.124 e. The summed E-state index contributed by atoms with van der Waals surface area (Å²) in [4.78, 5) is 0. The van der Waals surface area contributed by atoms with Gasteiger partial charge in [-0.3, -0.25) is 0 Å². The third kappa shape index (κ3) is 3.18. The molecule has 4 heteroatoms. The molecule has 0 saturated heterocycles. The van der Waals surface area contributed by atoms with Crippen LogP contribution in [0.3, 0.4) is 0 Å². The molecule has 2 unspecified atom stereocenters. The standard InChI is InChI=1S/C13H17ClFNO/c14-12-6-11(15)5-4-10(12)8-17-13-3-1-2-9(13)7-16/h4-6,9,13H,1-3,7-8,16H2. The van der Waals surface area contributed by atoms with Gasteiger partial charge in [0.25, 0.3) is 0 Å². The van der Waals surface area contributed by atoms with Crippen LogP contribution in [0.2, 0.25) is 5.02 Å². The summed E-state index contributed by atoms with van der Waals surface area (Å²) in [6.07, 6.45) is 3.59. The van der Waals surface area contributed by atoms with Crippen molar-refractivity contribution in [3.8, 4) is 0 Å². The molecule has 2 atom stereocenters. The molecule has 1 aromatic carbocycles. The SMILES string of the molecule is NCC1CCCC1OCc1ccc(F)cc1Cl. The maximum atomic E-state index is 12.9. The first-order chi connectivity index (χ1) is 8.20. The minimum atomic E-state index is -0.320. The molecule has 0 bridgehead atoms. The average Bonchev–Trinajstić information content (AvgIpc) is 2.75. The van der Waals surface area contributed by atoms with E-state index in [0.29, 0.717) is 24.1 Å². The topological polar surface area (TPSA) is 35.2 Å². The van der Waals surface area contributed by atoms with Crippen LogP contribution in [0.25, 0.3) is 0 Å². The van der Waals surface area contributed by atoms with Gasteiger partial charge in [-0.2, -0.15) is 0 Å². The molecule has 1 fully saturated rings. The van der Waals surface area contributed by atoms with E-state index < -0.39 is 0 Å². The second-order valence-electron chi connectivity index (χ2n) is 4.51. The summed E-state index contributed by atoms with van der Waals surface area (Å²) in [5.74, 6) is 0.133. The third-order valence-electron chi connectivity index (χ3n) is 3.36. The Morgan fingerprint density at radius 3 is 2.94 bits per heavy atom. The molecule has 0 spiro atoms. The van der Waals surface area contributed by atoms with Gasteiger partial charge in [-0.25, -0.2) is 4.39 Å². The van der Waals surface area contributed by atoms with Crippen LogP contribution in [-0.4, -0.2) is 12.6 Å². The molecular weight excluding hydrogens is 241 g/mol. The Bertz CT molecular complexity index is 386. The van der Waals surface area contributed by atoms with E-state index in [4.69, 9.17) is 22.1 Å². The van der Waals surface area contributed by atoms with Gasteiger partial charge in [0.1, 0.15) is 5.82 Å². The summed E-state index contributed by atoms with van der Waals surface area (Å²) in [5, 5.41) is 0.423. The summed E-state index contributed by atoms with van der Waals surface area (Å²) >= 11 is 5.94. The zero-order valence-electron chi connectivity index (χ0n) is 9.66. The van der Waals surface area contributed by atoms with Crippen molar-refractivity contribution in [2.24, 2.45) is 11.7 Å². The Morgan fingerprint density at radius 2 is 2.24 bits per heavy atom. The number of hydrogen-bond donors (Lipinski definition) is 1. The van der Waals surface area contributed by atoms with Gasteiger partial charge in [0.2, 0.25) is 0 Å². The van der Waals surface area contributed by atoms with Gasteiger partial charge in [0.15, 0.2) is 0 Å². The molecule has 0 radical (unpaired) electrons. The van der Waals surface area contributed by atoms with Crippen LogP contribution in [0.5, 0.6) is 0 Å². The number of rotatable bonds is 4. The Hall–Kier alpha value is -0.640. The predicted octanol–water partition coefficient (Wildman–Crippen LogP) is 3.12. The van der Waals surface area contributed by atoms with Gasteiger partial charge in [0.05, 0.1) is 12.7 Å². The highest BCUT2D eigenvalue weighted by atomic mass is 35.5. The highest BCUT2D eigenvalue weighted by molar-refractivity contribution is 6.31. The van der Waals surface area contributed by atoms with E-state index in [0.717, 1.165) is 18.4 Å². The summed E-state index contributed by atoms with van der Waals surface area (Å²) in [7, 11) is 0. The van der Waals surface area contributed by atoms with E-state index in [1.165, 1.54) is 18.6 Å². The quantitative estimate of drug-likeness (QED) is 0.900. The van der Waals surface area contributed by atoms with Gasteiger partial charge >= 0.3 is 0 Å². The zero-order valence-corrected chi connectivity index (χ0v) is 10.4. The molecule has 2 rings (SSSR count). The number of ether oxygens (including phenoxy) is 1. The van der Waals surface area contributed by atoms with Crippen molar-refractivity contribution in [2.45, 2.75) is 32.0 Å². The van der Waals surface area contributed by atoms with Gasteiger partial charge in [0, 0.05) is 5.02 Å². The normalized spacial score (nSPS) is 24.2. The Kier molecular flexibility index (Phi) is 4.37. The second-order valence-corrected chi connectivity index (χ2v) is 4.92. The van der Waals surface area contributed by atoms with E-state index >= 15 is 0 Å². The Labute approximate surface area is 106 Å². The molecule has 1 aliphatic carbocycles. The monoisotopic (exact) mass is 257 g/mol. The highest BCUT2D eigenvalue weighted by Crippen LogP contribution is 2.29. The molecule has 1 aromatic rings. The minimum Gasteiger partial charge on any atom is -0.373 e. The van der Waals surface area contributed by atoms with E-state index in [1.54, 1.807) is 6.07 Å². The fourth-order valence-electron chi connectivity index (χ4n) is 2.33. The molecular formula is C13H17ClFNO. The molecule has 0 amide bonds. The van der Waals surface area contributed by atoms with Gasteiger partial charge in [-0.15, -0.1) is 0 Å². The average molecular weight is 258 g/mol. The van der Waals surface area contributed by atoms with Crippen molar-refractivity contribution in [1.82, 2.24) is 0 Å². The molecule has 94 valence electrons. The van der Waals surface area contributed by atoms with Crippen molar-refractivity contribution >= 4 is 11.6 Å². The highest BCUT2D eigenvalue weighted by Gasteiger charge is 2.26. The van der Waals surface area contributed by atoms with Crippen molar-refractivity contribution < 1.29 is 9.13 Å². The lowest BCUT2D eigenvalue weighted by Gasteiger charge is -2.19. The fraction of sp³-hybridized carbons (Fsp3) is 0.538. The lowest BCUT2D eigenvalue weighted by molar-refractivity contribution is 0.0183. The van der Waals surface area contributed by atoms with E-state index in [2.05, 4.69) is 0 Å². The Morgan fingerprint density at radius 1 is 1.41 bits per heavy atom. The van der Waals surface area contributed by atoms with E-state index in [1.807, 2.05) is 0 Å². The third-order valence-corrected chi connectivity index (χ3v) is 3.71. The first kappa shape index (κ1) is 12.8. The second kappa shape index (κ2) is 5.80. The first-order valence-electron chi connectivity index (χ1n) is 5.96. The maximum absolute atomic E-state index is 12.9. The van der Waals surface area contributed by atoms with Gasteiger partial charge in [-0.1, -0.05) is 24.1 Å². The lowest BCUT2D eigenvalue weighted by atomic mass is 10.1. The van der Waals surface area contributed by atoms with Crippen molar-refractivity contribution in [2.75, 3.05) is 6.54 Å². The zero-order chi connectivity index (χ0) is 12.3. The molecule has 1 aliphatic rings. The van der Waals surface area contributed by atoms with Crippen LogP contribution in [-0.2, 0) is 11.3 Å². The number of hydrogen-bond acceptors (Lipinski definition) is 2. The molecule has 1 saturated carbocycles. The molecule has 2 N–H and O–H groups in total. The van der Waals surface area contributed by atoms with E-state index in [-0.39, 0.29) is 11.9 Å². The van der Waals surface area contributed by atoms with Gasteiger partial charge < -0.3 is 10.5 Å². The van der Waals surface area contributed by atoms with Crippen LogP contribution in [0.15, 0.2) is 18.2 Å². The molecule has 2 nitrogen and oxygen atoms in total. The molecule has 0 aliphatic heterocycles. The van der Waals surface area contributed by atoms with Crippen LogP contribution in [0.4, 0.5) is 4.39 Å². The predicted molar refractivity (Wildman–Crippen MR) is 66.4 cm³/mol. The largest absolute Gasteiger partial charge is 0.373 e. The Balaban J connectivity index is 1.93. The number of halogens is 2. The van der Waals surface area contributed by atoms with Crippen LogP contribution in [0.1, 0.15) is 24.8 Å². The van der Waals surface area contributed by atoms with Gasteiger partial charge in [-0.05, 0) is 43.0 Å². The molecule has 17 heavy (non-hydrogen) atoms. The molecule has 0 aromatic heterocycles.